The molecule has 0 saturated carbocycles. The molecule has 0 aromatic heterocycles. The lowest BCUT2D eigenvalue weighted by atomic mass is 10.1. The number of carbonyl (C=O) groups is 1. The first-order valence-corrected chi connectivity index (χ1v) is 5.34. The van der Waals surface area contributed by atoms with Crippen molar-refractivity contribution in [1.29, 1.82) is 0 Å². The molecule has 1 aromatic carbocycles. The van der Waals surface area contributed by atoms with E-state index >= 15 is 0 Å². The minimum absolute atomic E-state index is 0.0250. The van der Waals surface area contributed by atoms with Crippen molar-refractivity contribution in [3.05, 3.63) is 29.6 Å². The molecule has 16 heavy (non-hydrogen) atoms. The minimum Gasteiger partial charge on any atom is -0.478 e. The van der Waals surface area contributed by atoms with E-state index in [2.05, 4.69) is 12.2 Å². The first-order valence-electron chi connectivity index (χ1n) is 5.34. The fourth-order valence-electron chi connectivity index (χ4n) is 1.59. The van der Waals surface area contributed by atoms with Gasteiger partial charge in [0, 0.05) is 11.7 Å². The number of benzene rings is 1. The first kappa shape index (κ1) is 12.5. The van der Waals surface area contributed by atoms with Gasteiger partial charge in [0.25, 0.3) is 0 Å². The van der Waals surface area contributed by atoms with Crippen LogP contribution in [0.1, 0.15) is 37.0 Å². The third-order valence-electron chi connectivity index (χ3n) is 2.34. The normalized spacial score (nSPS) is 12.2. The Morgan fingerprint density at radius 1 is 1.56 bits per heavy atom. The third-order valence-corrected chi connectivity index (χ3v) is 2.34. The lowest BCUT2D eigenvalue weighted by molar-refractivity contribution is 0.0697. The number of rotatable bonds is 5. The van der Waals surface area contributed by atoms with Gasteiger partial charge in [-0.2, -0.15) is 0 Å². The van der Waals surface area contributed by atoms with Crippen molar-refractivity contribution in [3.8, 4) is 0 Å². The molecule has 0 aliphatic carbocycles. The van der Waals surface area contributed by atoms with Crippen LogP contribution in [0, 0.1) is 5.82 Å². The summed E-state index contributed by atoms with van der Waals surface area (Å²) in [5.74, 6) is -1.66. The Labute approximate surface area is 94.3 Å². The number of aromatic carboxylic acids is 1. The maximum atomic E-state index is 12.9. The molecule has 0 fully saturated rings. The molecule has 4 heteroatoms. The molecular formula is C12H16FNO2. The van der Waals surface area contributed by atoms with Gasteiger partial charge in [0.05, 0.1) is 5.56 Å². The Morgan fingerprint density at radius 2 is 2.25 bits per heavy atom. The number of anilines is 1. The first-order chi connectivity index (χ1) is 7.54. The average molecular weight is 225 g/mol. The third kappa shape index (κ3) is 3.22. The van der Waals surface area contributed by atoms with Crippen LogP contribution in [0.4, 0.5) is 10.1 Å². The molecule has 0 saturated heterocycles. The summed E-state index contributed by atoms with van der Waals surface area (Å²) in [4.78, 5) is 10.9. The second-order valence-corrected chi connectivity index (χ2v) is 3.83. The summed E-state index contributed by atoms with van der Waals surface area (Å²) in [5, 5.41) is 12.0. The van der Waals surface area contributed by atoms with E-state index in [-0.39, 0.29) is 11.6 Å². The van der Waals surface area contributed by atoms with Gasteiger partial charge < -0.3 is 10.4 Å². The maximum Gasteiger partial charge on any atom is 0.337 e. The van der Waals surface area contributed by atoms with E-state index in [1.807, 2.05) is 6.92 Å². The lowest BCUT2D eigenvalue weighted by Gasteiger charge is -2.16. The monoisotopic (exact) mass is 225 g/mol. The summed E-state index contributed by atoms with van der Waals surface area (Å²) < 4.78 is 12.9. The SMILES string of the molecule is CCCC(C)Nc1ccc(F)cc1C(=O)O. The van der Waals surface area contributed by atoms with E-state index in [4.69, 9.17) is 5.11 Å². The topological polar surface area (TPSA) is 49.3 Å². The van der Waals surface area contributed by atoms with E-state index in [1.165, 1.54) is 12.1 Å². The van der Waals surface area contributed by atoms with Crippen molar-refractivity contribution in [2.24, 2.45) is 0 Å². The molecule has 1 rings (SSSR count). The molecule has 0 aliphatic rings. The zero-order chi connectivity index (χ0) is 12.1. The van der Waals surface area contributed by atoms with Crippen LogP contribution < -0.4 is 5.32 Å². The second kappa shape index (κ2) is 5.49. The van der Waals surface area contributed by atoms with Crippen molar-refractivity contribution < 1.29 is 14.3 Å². The van der Waals surface area contributed by atoms with Gasteiger partial charge in [0.1, 0.15) is 5.82 Å². The average Bonchev–Trinajstić information content (AvgIpc) is 2.20. The molecule has 88 valence electrons. The number of hydrogen-bond acceptors (Lipinski definition) is 2. The molecule has 1 atom stereocenters. The number of nitrogens with one attached hydrogen (secondary N) is 1. The molecule has 0 bridgehead atoms. The summed E-state index contributed by atoms with van der Waals surface area (Å²) in [6, 6.07) is 3.93. The predicted molar refractivity (Wildman–Crippen MR) is 61.4 cm³/mol. The predicted octanol–water partition coefficient (Wildman–Crippen LogP) is 3.12. The van der Waals surface area contributed by atoms with Crippen LogP contribution in [0.5, 0.6) is 0 Å². The van der Waals surface area contributed by atoms with Gasteiger partial charge in [-0.1, -0.05) is 13.3 Å². The van der Waals surface area contributed by atoms with Gasteiger partial charge in [0.15, 0.2) is 0 Å². The van der Waals surface area contributed by atoms with Crippen molar-refractivity contribution >= 4 is 11.7 Å². The molecule has 0 aliphatic heterocycles. The quantitative estimate of drug-likeness (QED) is 0.809. The van der Waals surface area contributed by atoms with Crippen molar-refractivity contribution in [3.63, 3.8) is 0 Å². The molecule has 1 unspecified atom stereocenters. The summed E-state index contributed by atoms with van der Waals surface area (Å²) in [6.07, 6.45) is 1.95. The molecule has 0 amide bonds. The van der Waals surface area contributed by atoms with Gasteiger partial charge in [-0.3, -0.25) is 0 Å². The fraction of sp³-hybridized carbons (Fsp3) is 0.417. The highest BCUT2D eigenvalue weighted by molar-refractivity contribution is 5.94. The van der Waals surface area contributed by atoms with E-state index in [0.29, 0.717) is 5.69 Å². The molecule has 0 heterocycles. The summed E-state index contributed by atoms with van der Waals surface area (Å²) >= 11 is 0. The maximum absolute atomic E-state index is 12.9. The number of halogens is 1. The molecular weight excluding hydrogens is 209 g/mol. The highest BCUT2D eigenvalue weighted by Gasteiger charge is 2.12. The lowest BCUT2D eigenvalue weighted by Crippen LogP contribution is -2.17. The van der Waals surface area contributed by atoms with Crippen LogP contribution >= 0.6 is 0 Å². The summed E-state index contributed by atoms with van der Waals surface area (Å²) in [5.41, 5.74) is 0.442. The molecule has 3 nitrogen and oxygen atoms in total. The van der Waals surface area contributed by atoms with E-state index < -0.39 is 11.8 Å². The zero-order valence-electron chi connectivity index (χ0n) is 9.46. The molecule has 2 N–H and O–H groups in total. The minimum atomic E-state index is -1.12. The van der Waals surface area contributed by atoms with Crippen LogP contribution in [-0.2, 0) is 0 Å². The van der Waals surface area contributed by atoms with Crippen LogP contribution in [0.25, 0.3) is 0 Å². The highest BCUT2D eigenvalue weighted by Crippen LogP contribution is 2.18. The van der Waals surface area contributed by atoms with E-state index in [0.717, 1.165) is 18.9 Å². The van der Waals surface area contributed by atoms with E-state index in [9.17, 15) is 9.18 Å². The van der Waals surface area contributed by atoms with Crippen LogP contribution in [0.15, 0.2) is 18.2 Å². The molecule has 0 radical (unpaired) electrons. The van der Waals surface area contributed by atoms with Gasteiger partial charge in [0.2, 0.25) is 0 Å². The van der Waals surface area contributed by atoms with Crippen molar-refractivity contribution in [1.82, 2.24) is 0 Å². The van der Waals surface area contributed by atoms with Gasteiger partial charge in [-0.05, 0) is 31.5 Å². The standard InChI is InChI=1S/C12H16FNO2/c1-3-4-8(2)14-11-6-5-9(13)7-10(11)12(15)16/h5-8,14H,3-4H2,1-2H3,(H,15,16). The number of hydrogen-bond donors (Lipinski definition) is 2. The zero-order valence-corrected chi connectivity index (χ0v) is 9.46. The summed E-state index contributed by atoms with van der Waals surface area (Å²) in [7, 11) is 0. The highest BCUT2D eigenvalue weighted by atomic mass is 19.1. The second-order valence-electron chi connectivity index (χ2n) is 3.83. The fourth-order valence-corrected chi connectivity index (χ4v) is 1.59. The Bertz CT molecular complexity index is 379. The largest absolute Gasteiger partial charge is 0.478 e. The Morgan fingerprint density at radius 3 is 2.81 bits per heavy atom. The molecule has 0 spiro atoms. The Kier molecular flexibility index (Phi) is 4.28. The number of carboxylic acids is 1. The van der Waals surface area contributed by atoms with Crippen molar-refractivity contribution in [2.45, 2.75) is 32.7 Å². The number of carboxylic acid groups (broad SMARTS) is 1. The van der Waals surface area contributed by atoms with Gasteiger partial charge in [-0.15, -0.1) is 0 Å². The Balaban J connectivity index is 2.90. The summed E-state index contributed by atoms with van der Waals surface area (Å²) in [6.45, 7) is 4.03. The van der Waals surface area contributed by atoms with Crippen LogP contribution in [0.2, 0.25) is 0 Å². The van der Waals surface area contributed by atoms with Gasteiger partial charge in [-0.25, -0.2) is 9.18 Å². The van der Waals surface area contributed by atoms with Crippen LogP contribution in [0.3, 0.4) is 0 Å². The molecule has 1 aromatic rings. The van der Waals surface area contributed by atoms with E-state index in [1.54, 1.807) is 0 Å². The smallest absolute Gasteiger partial charge is 0.337 e. The van der Waals surface area contributed by atoms with Gasteiger partial charge >= 0.3 is 5.97 Å². The van der Waals surface area contributed by atoms with Crippen molar-refractivity contribution in [2.75, 3.05) is 5.32 Å². The van der Waals surface area contributed by atoms with Crippen LogP contribution in [-0.4, -0.2) is 17.1 Å². The Hall–Kier alpha value is -1.58.